The number of benzene rings is 4. The molecule has 13 nitrogen and oxygen atoms in total. The van der Waals surface area contributed by atoms with Gasteiger partial charge in [-0.2, -0.15) is 21.9 Å². The average molecular weight is 519 g/mol. The van der Waals surface area contributed by atoms with E-state index in [9.17, 15) is 46.3 Å². The normalized spacial score (nSPS) is 12.5. The molecule has 15 heteroatoms. The monoisotopic (exact) mass is 519 g/mol. The number of fused-ring (bicyclic) bond motifs is 2. The van der Waals surface area contributed by atoms with Crippen molar-refractivity contribution >= 4 is 58.8 Å². The van der Waals surface area contributed by atoms with Crippen molar-refractivity contribution in [2.75, 3.05) is 0 Å². The Bertz CT molecular complexity index is 1800. The number of nitro groups is 1. The summed E-state index contributed by atoms with van der Waals surface area (Å²) in [5, 5.41) is 39.1. The van der Waals surface area contributed by atoms with E-state index in [4.69, 9.17) is 0 Å². The van der Waals surface area contributed by atoms with Gasteiger partial charge in [0.05, 0.1) is 10.6 Å². The first-order chi connectivity index (χ1) is 16.3. The molecule has 35 heavy (non-hydrogen) atoms. The number of nitro benzene ring substituents is 1. The molecule has 0 aliphatic carbocycles. The van der Waals surface area contributed by atoms with Crippen molar-refractivity contribution in [1.82, 2.24) is 0 Å². The van der Waals surface area contributed by atoms with Gasteiger partial charge in [-0.3, -0.25) is 19.2 Å². The Morgan fingerprint density at radius 2 is 1.37 bits per heavy atom. The lowest BCUT2D eigenvalue weighted by atomic mass is 10.1. The maximum Gasteiger partial charge on any atom is 0.295 e. The second-order valence-corrected chi connectivity index (χ2v) is 9.98. The molecule has 0 fully saturated rings. The first-order valence-electron chi connectivity index (χ1n) is 9.34. The van der Waals surface area contributed by atoms with E-state index < -0.39 is 52.1 Å². The van der Waals surface area contributed by atoms with Gasteiger partial charge >= 0.3 is 0 Å². The minimum Gasteiger partial charge on any atom is -0.507 e. The van der Waals surface area contributed by atoms with E-state index in [2.05, 4.69) is 10.2 Å². The molecular formula is C20H13N3O10S2. The van der Waals surface area contributed by atoms with E-state index in [1.54, 1.807) is 0 Å². The zero-order valence-corrected chi connectivity index (χ0v) is 18.7. The number of nitrogens with zero attached hydrogens (tertiary/aromatic N) is 3. The van der Waals surface area contributed by atoms with Crippen molar-refractivity contribution in [3.05, 3.63) is 64.7 Å². The smallest absolute Gasteiger partial charge is 0.295 e. The van der Waals surface area contributed by atoms with Crippen molar-refractivity contribution in [1.29, 1.82) is 0 Å². The van der Waals surface area contributed by atoms with Crippen LogP contribution in [0.3, 0.4) is 0 Å². The van der Waals surface area contributed by atoms with Gasteiger partial charge in [-0.25, -0.2) is 0 Å². The fraction of sp³-hybridized carbons (Fsp3) is 0. The predicted molar refractivity (Wildman–Crippen MR) is 122 cm³/mol. The van der Waals surface area contributed by atoms with Crippen LogP contribution in [0.15, 0.2) is 74.6 Å². The van der Waals surface area contributed by atoms with Gasteiger partial charge in [-0.15, -0.1) is 5.11 Å². The van der Waals surface area contributed by atoms with Gasteiger partial charge in [-0.05, 0) is 18.2 Å². The van der Waals surface area contributed by atoms with Crippen LogP contribution in [0.5, 0.6) is 11.5 Å². The third kappa shape index (κ3) is 4.47. The first kappa shape index (κ1) is 24.0. The number of azo groups is 1. The molecule has 0 atom stereocenters. The molecule has 4 aromatic carbocycles. The number of phenolic OH excluding ortho intramolecular Hbond substituents is 2. The van der Waals surface area contributed by atoms with Gasteiger partial charge in [0, 0.05) is 45.8 Å². The molecule has 0 unspecified atom stereocenters. The van der Waals surface area contributed by atoms with E-state index in [1.807, 2.05) is 0 Å². The zero-order chi connectivity index (χ0) is 25.7. The van der Waals surface area contributed by atoms with Gasteiger partial charge in [0.1, 0.15) is 27.0 Å². The van der Waals surface area contributed by atoms with Gasteiger partial charge in [-0.1, -0.05) is 12.1 Å². The fourth-order valence-electron chi connectivity index (χ4n) is 3.50. The van der Waals surface area contributed by atoms with E-state index in [0.29, 0.717) is 6.07 Å². The maximum atomic E-state index is 11.8. The van der Waals surface area contributed by atoms with Crippen LogP contribution in [0.4, 0.5) is 17.1 Å². The molecule has 0 aromatic heterocycles. The van der Waals surface area contributed by atoms with Crippen molar-refractivity contribution in [3.63, 3.8) is 0 Å². The van der Waals surface area contributed by atoms with Crippen LogP contribution in [0, 0.1) is 10.1 Å². The predicted octanol–water partition coefficient (Wildman–Crippen LogP) is 4.22. The average Bonchev–Trinajstić information content (AvgIpc) is 2.76. The van der Waals surface area contributed by atoms with Crippen molar-refractivity contribution < 1.29 is 41.1 Å². The maximum absolute atomic E-state index is 11.8. The lowest BCUT2D eigenvalue weighted by Crippen LogP contribution is -2.00. The third-order valence-corrected chi connectivity index (χ3v) is 6.79. The van der Waals surface area contributed by atoms with Gasteiger partial charge in [0.15, 0.2) is 0 Å². The van der Waals surface area contributed by atoms with Crippen LogP contribution in [0.25, 0.3) is 21.5 Å². The molecule has 0 radical (unpaired) electrons. The molecule has 180 valence electrons. The second-order valence-electron chi connectivity index (χ2n) is 7.20. The highest BCUT2D eigenvalue weighted by Gasteiger charge is 2.22. The minimum absolute atomic E-state index is 0.0737. The van der Waals surface area contributed by atoms with Crippen LogP contribution in [0.2, 0.25) is 0 Å². The van der Waals surface area contributed by atoms with E-state index in [1.165, 1.54) is 18.2 Å². The Morgan fingerprint density at radius 1 is 0.714 bits per heavy atom. The van der Waals surface area contributed by atoms with Gasteiger partial charge in [0.2, 0.25) is 0 Å². The number of hydrogen-bond acceptors (Lipinski definition) is 10. The summed E-state index contributed by atoms with van der Waals surface area (Å²) in [6.07, 6.45) is 0. The molecule has 4 aromatic rings. The zero-order valence-electron chi connectivity index (χ0n) is 17.1. The summed E-state index contributed by atoms with van der Waals surface area (Å²) in [5.41, 5.74) is -0.933. The number of hydrogen-bond donors (Lipinski definition) is 4. The third-order valence-electron chi connectivity index (χ3n) is 4.99. The van der Waals surface area contributed by atoms with Crippen LogP contribution in [-0.4, -0.2) is 41.1 Å². The Morgan fingerprint density at radius 3 is 2.00 bits per heavy atom. The Labute approximate surface area is 196 Å². The summed E-state index contributed by atoms with van der Waals surface area (Å²) < 4.78 is 65.9. The van der Waals surface area contributed by atoms with E-state index >= 15 is 0 Å². The summed E-state index contributed by atoms with van der Waals surface area (Å²) in [6.45, 7) is 0. The molecule has 4 rings (SSSR count). The summed E-state index contributed by atoms with van der Waals surface area (Å²) >= 11 is 0. The molecule has 0 amide bonds. The SMILES string of the molecule is O=[N+]([O-])c1ccc2c(N=Nc3cc(O)c4cccc(S(=O)(=O)O)c4c3)c(O)cc(S(=O)(=O)O)c2c1. The lowest BCUT2D eigenvalue weighted by molar-refractivity contribution is -0.384. The van der Waals surface area contributed by atoms with E-state index in [0.717, 1.165) is 30.3 Å². The van der Waals surface area contributed by atoms with Gasteiger partial charge < -0.3 is 10.2 Å². The van der Waals surface area contributed by atoms with Gasteiger partial charge in [0.25, 0.3) is 25.9 Å². The summed E-state index contributed by atoms with van der Waals surface area (Å²) in [5.74, 6) is -1.14. The summed E-state index contributed by atoms with van der Waals surface area (Å²) in [7, 11) is -9.55. The first-order valence-corrected chi connectivity index (χ1v) is 12.2. The van der Waals surface area contributed by atoms with Crippen molar-refractivity contribution in [3.8, 4) is 11.5 Å². The van der Waals surface area contributed by atoms with Crippen LogP contribution < -0.4 is 0 Å². The molecule has 0 saturated heterocycles. The van der Waals surface area contributed by atoms with E-state index in [-0.39, 0.29) is 32.9 Å². The Kier molecular flexibility index (Phi) is 5.64. The number of aromatic hydroxyl groups is 2. The fourth-order valence-corrected chi connectivity index (χ4v) is 4.90. The Hall–Kier alpha value is -4.18. The Balaban J connectivity index is 1.95. The van der Waals surface area contributed by atoms with Crippen LogP contribution >= 0.6 is 0 Å². The molecule has 0 saturated carbocycles. The highest BCUT2D eigenvalue weighted by molar-refractivity contribution is 7.86. The molecule has 0 spiro atoms. The lowest BCUT2D eigenvalue weighted by Gasteiger charge is -2.09. The molecule has 0 aliphatic rings. The van der Waals surface area contributed by atoms with Crippen LogP contribution in [0.1, 0.15) is 0 Å². The van der Waals surface area contributed by atoms with Crippen molar-refractivity contribution in [2.45, 2.75) is 9.79 Å². The van der Waals surface area contributed by atoms with Crippen molar-refractivity contribution in [2.24, 2.45) is 10.2 Å². The highest BCUT2D eigenvalue weighted by atomic mass is 32.2. The van der Waals surface area contributed by atoms with Crippen LogP contribution in [-0.2, 0) is 20.2 Å². The minimum atomic E-state index is -4.90. The largest absolute Gasteiger partial charge is 0.507 e. The number of phenols is 2. The summed E-state index contributed by atoms with van der Waals surface area (Å²) in [4.78, 5) is 9.04. The molecular weight excluding hydrogens is 506 g/mol. The quantitative estimate of drug-likeness (QED) is 0.127. The highest BCUT2D eigenvalue weighted by Crippen LogP contribution is 2.42. The number of rotatable bonds is 5. The molecule has 0 aliphatic heterocycles. The second kappa shape index (κ2) is 8.24. The standard InChI is InChI=1S/C20H13N3O10S2/c24-16-7-10(6-14-12(16)2-1-3-18(14)34(28,29)30)21-22-20-13-5-4-11(23(26)27)8-15(13)19(9-17(20)25)35(31,32)33/h1-9,24-25H,(H,28,29,30)(H,31,32,33). The molecule has 0 bridgehead atoms. The molecule has 4 N–H and O–H groups in total. The topological polar surface area (TPSA) is 217 Å². The summed E-state index contributed by atoms with van der Waals surface area (Å²) in [6, 6.07) is 9.78. The number of non-ortho nitro benzene ring substituents is 1. The molecule has 0 heterocycles.